The Hall–Kier alpha value is -3.16. The third kappa shape index (κ3) is 5.25. The topological polar surface area (TPSA) is 105 Å². The smallest absolute Gasteiger partial charge is 0.407 e. The number of fused-ring (bicyclic) bond motifs is 1. The van der Waals surface area contributed by atoms with E-state index in [1.54, 1.807) is 0 Å². The molecule has 1 atom stereocenters. The summed E-state index contributed by atoms with van der Waals surface area (Å²) in [7, 11) is 1.54. The first-order chi connectivity index (χ1) is 14.4. The summed E-state index contributed by atoms with van der Waals surface area (Å²) in [4.78, 5) is 32.8. The van der Waals surface area contributed by atoms with E-state index in [-0.39, 0.29) is 17.5 Å². The Morgan fingerprint density at radius 1 is 1.30 bits per heavy atom. The van der Waals surface area contributed by atoms with Gasteiger partial charge in [-0.3, -0.25) is 4.79 Å². The maximum Gasteiger partial charge on any atom is 0.407 e. The Labute approximate surface area is 176 Å². The van der Waals surface area contributed by atoms with Crippen molar-refractivity contribution in [2.45, 2.75) is 39.2 Å². The highest BCUT2D eigenvalue weighted by atomic mass is 16.5. The number of nitrogens with zero attached hydrogens (tertiary/aromatic N) is 3. The summed E-state index contributed by atoms with van der Waals surface area (Å²) >= 11 is 0. The number of benzene rings is 1. The quantitative estimate of drug-likeness (QED) is 0.756. The van der Waals surface area contributed by atoms with E-state index in [1.165, 1.54) is 35.5 Å². The Kier molecular flexibility index (Phi) is 6.87. The second-order valence-electron chi connectivity index (χ2n) is 7.95. The zero-order chi connectivity index (χ0) is 21.7. The fraction of sp³-hybridized carbons (Fsp3) is 0.455. The standard InChI is InChI=1S/C22H28N4O4/c1-14(2)8-17-12-26(22(28)29)7-6-16-9-15(4-5-18(16)17)13-30-20-11-24-19(10-25-20)21(27)23-3/h4-5,9-11,14,17H,6-8,12-13H2,1-3H3,(H,23,27)(H,28,29). The highest BCUT2D eigenvalue weighted by Gasteiger charge is 2.26. The normalized spacial score (nSPS) is 16.0. The molecule has 0 bridgehead atoms. The highest BCUT2D eigenvalue weighted by Crippen LogP contribution is 2.31. The van der Waals surface area contributed by atoms with Crippen LogP contribution < -0.4 is 10.1 Å². The molecule has 1 aliphatic rings. The molecule has 1 aromatic heterocycles. The number of carbonyl (C=O) groups excluding carboxylic acids is 1. The summed E-state index contributed by atoms with van der Waals surface area (Å²) < 4.78 is 5.72. The summed E-state index contributed by atoms with van der Waals surface area (Å²) in [6.07, 6.45) is 3.57. The Balaban J connectivity index is 1.73. The molecule has 2 amide bonds. The lowest BCUT2D eigenvalue weighted by Crippen LogP contribution is -2.33. The first-order valence-electron chi connectivity index (χ1n) is 10.1. The van der Waals surface area contributed by atoms with Crippen molar-refractivity contribution < 1.29 is 19.4 Å². The zero-order valence-electron chi connectivity index (χ0n) is 17.6. The largest absolute Gasteiger partial charge is 0.472 e. The molecule has 2 heterocycles. The maximum atomic E-state index is 11.6. The van der Waals surface area contributed by atoms with Crippen LogP contribution in [0.5, 0.6) is 5.88 Å². The van der Waals surface area contributed by atoms with Crippen molar-refractivity contribution in [1.29, 1.82) is 0 Å². The van der Waals surface area contributed by atoms with Gasteiger partial charge in [0.05, 0.1) is 12.4 Å². The van der Waals surface area contributed by atoms with Crippen molar-refractivity contribution in [2.24, 2.45) is 5.92 Å². The molecule has 8 nitrogen and oxygen atoms in total. The van der Waals surface area contributed by atoms with E-state index >= 15 is 0 Å². The van der Waals surface area contributed by atoms with Crippen molar-refractivity contribution in [3.05, 3.63) is 53.0 Å². The summed E-state index contributed by atoms with van der Waals surface area (Å²) in [5.41, 5.74) is 3.62. The van der Waals surface area contributed by atoms with Gasteiger partial charge in [-0.1, -0.05) is 32.0 Å². The van der Waals surface area contributed by atoms with E-state index in [0.717, 1.165) is 12.0 Å². The molecular weight excluding hydrogens is 384 g/mol. The van der Waals surface area contributed by atoms with Crippen LogP contribution in [-0.2, 0) is 13.0 Å². The lowest BCUT2D eigenvalue weighted by Gasteiger charge is -2.24. The first kappa shape index (κ1) is 21.5. The average Bonchev–Trinajstić information content (AvgIpc) is 2.91. The maximum absolute atomic E-state index is 11.6. The molecule has 2 N–H and O–H groups in total. The summed E-state index contributed by atoms with van der Waals surface area (Å²) in [5, 5.41) is 12.0. The third-order valence-electron chi connectivity index (χ3n) is 5.24. The van der Waals surface area contributed by atoms with Crippen LogP contribution in [0.4, 0.5) is 4.79 Å². The van der Waals surface area contributed by atoms with Crippen LogP contribution in [0.15, 0.2) is 30.6 Å². The zero-order valence-corrected chi connectivity index (χ0v) is 17.6. The second kappa shape index (κ2) is 9.56. The van der Waals surface area contributed by atoms with E-state index in [0.29, 0.717) is 37.9 Å². The van der Waals surface area contributed by atoms with Gasteiger partial charge in [0.2, 0.25) is 5.88 Å². The summed E-state index contributed by atoms with van der Waals surface area (Å²) in [5.74, 6) is 0.714. The van der Waals surface area contributed by atoms with Gasteiger partial charge in [-0.05, 0) is 35.4 Å². The lowest BCUT2D eigenvalue weighted by atomic mass is 9.86. The van der Waals surface area contributed by atoms with Crippen LogP contribution in [0.1, 0.15) is 53.4 Å². The van der Waals surface area contributed by atoms with Crippen molar-refractivity contribution >= 4 is 12.0 Å². The molecule has 1 aromatic carbocycles. The minimum Gasteiger partial charge on any atom is -0.472 e. The Morgan fingerprint density at radius 3 is 2.73 bits per heavy atom. The van der Waals surface area contributed by atoms with Gasteiger partial charge in [0.1, 0.15) is 12.3 Å². The third-order valence-corrected chi connectivity index (χ3v) is 5.24. The molecule has 1 unspecified atom stereocenters. The van der Waals surface area contributed by atoms with Crippen LogP contribution in [-0.4, -0.2) is 52.1 Å². The Morgan fingerprint density at radius 2 is 2.10 bits per heavy atom. The van der Waals surface area contributed by atoms with Gasteiger partial charge < -0.3 is 20.1 Å². The predicted octanol–water partition coefficient (Wildman–Crippen LogP) is 3.08. The SMILES string of the molecule is CNC(=O)c1cnc(OCc2ccc3c(c2)CCN(C(=O)O)CC3CC(C)C)cn1. The minimum atomic E-state index is -0.862. The van der Waals surface area contributed by atoms with Crippen LogP contribution in [0.25, 0.3) is 0 Å². The lowest BCUT2D eigenvalue weighted by molar-refractivity contribution is 0.0957. The predicted molar refractivity (Wildman–Crippen MR) is 112 cm³/mol. The van der Waals surface area contributed by atoms with Crippen LogP contribution in [0.2, 0.25) is 0 Å². The molecule has 0 aliphatic carbocycles. The van der Waals surface area contributed by atoms with Crippen LogP contribution in [0.3, 0.4) is 0 Å². The van der Waals surface area contributed by atoms with Crippen LogP contribution >= 0.6 is 0 Å². The minimum absolute atomic E-state index is 0.191. The fourth-order valence-corrected chi connectivity index (χ4v) is 3.81. The number of nitrogens with one attached hydrogen (secondary N) is 1. The van der Waals surface area contributed by atoms with E-state index in [2.05, 4.69) is 41.3 Å². The molecule has 8 heteroatoms. The number of aromatic nitrogens is 2. The first-order valence-corrected chi connectivity index (χ1v) is 10.1. The number of ether oxygens (including phenoxy) is 1. The van der Waals surface area contributed by atoms with Crippen molar-refractivity contribution in [2.75, 3.05) is 20.1 Å². The van der Waals surface area contributed by atoms with E-state index < -0.39 is 6.09 Å². The number of hydrogen-bond acceptors (Lipinski definition) is 5. The molecule has 0 saturated heterocycles. The average molecular weight is 412 g/mol. The molecule has 0 radical (unpaired) electrons. The van der Waals surface area contributed by atoms with Gasteiger partial charge >= 0.3 is 6.09 Å². The van der Waals surface area contributed by atoms with Gasteiger partial charge in [-0.15, -0.1) is 0 Å². The molecule has 2 aromatic rings. The van der Waals surface area contributed by atoms with E-state index in [1.807, 2.05) is 6.07 Å². The van der Waals surface area contributed by atoms with Crippen LogP contribution in [0, 0.1) is 5.92 Å². The fourth-order valence-electron chi connectivity index (χ4n) is 3.81. The summed E-state index contributed by atoms with van der Waals surface area (Å²) in [6, 6.07) is 6.22. The number of carbonyl (C=O) groups is 2. The van der Waals surface area contributed by atoms with Crippen molar-refractivity contribution in [3.8, 4) is 5.88 Å². The molecule has 0 saturated carbocycles. The Bertz CT molecular complexity index is 899. The number of rotatable bonds is 6. The van der Waals surface area contributed by atoms with E-state index in [4.69, 9.17) is 4.74 Å². The number of carboxylic acid groups (broad SMARTS) is 1. The number of amides is 2. The molecule has 0 spiro atoms. The van der Waals surface area contributed by atoms with Gasteiger partial charge in [0.15, 0.2) is 0 Å². The van der Waals surface area contributed by atoms with Crippen molar-refractivity contribution in [3.63, 3.8) is 0 Å². The molecular formula is C22H28N4O4. The second-order valence-corrected chi connectivity index (χ2v) is 7.95. The monoisotopic (exact) mass is 412 g/mol. The van der Waals surface area contributed by atoms with Gasteiger partial charge in [0, 0.05) is 26.1 Å². The molecule has 1 aliphatic heterocycles. The summed E-state index contributed by atoms with van der Waals surface area (Å²) in [6.45, 7) is 5.67. The van der Waals surface area contributed by atoms with Gasteiger partial charge in [-0.25, -0.2) is 14.8 Å². The van der Waals surface area contributed by atoms with Gasteiger partial charge in [0.25, 0.3) is 5.91 Å². The highest BCUT2D eigenvalue weighted by molar-refractivity contribution is 5.91. The molecule has 3 rings (SSSR count). The molecule has 160 valence electrons. The number of hydrogen-bond donors (Lipinski definition) is 2. The van der Waals surface area contributed by atoms with E-state index in [9.17, 15) is 14.7 Å². The van der Waals surface area contributed by atoms with Crippen molar-refractivity contribution in [1.82, 2.24) is 20.2 Å². The molecule has 30 heavy (non-hydrogen) atoms. The molecule has 0 fully saturated rings. The van der Waals surface area contributed by atoms with Gasteiger partial charge in [-0.2, -0.15) is 0 Å².